The van der Waals surface area contributed by atoms with Crippen molar-refractivity contribution in [2.45, 2.75) is 27.2 Å². The van der Waals surface area contributed by atoms with Gasteiger partial charge in [-0.3, -0.25) is 9.59 Å². The fourth-order valence-corrected chi connectivity index (χ4v) is 4.71. The summed E-state index contributed by atoms with van der Waals surface area (Å²) in [4.78, 5) is 42.4. The number of thiophene rings is 1. The molecule has 0 radical (unpaired) electrons. The highest BCUT2D eigenvalue weighted by Crippen LogP contribution is 2.35. The molecule has 4 rings (SSSR count). The Hall–Kier alpha value is -4.06. The van der Waals surface area contributed by atoms with Gasteiger partial charge in [-0.1, -0.05) is 0 Å². The van der Waals surface area contributed by atoms with Crippen molar-refractivity contribution in [3.8, 4) is 11.3 Å². The molecule has 0 saturated heterocycles. The molecule has 0 aliphatic rings. The first-order valence-electron chi connectivity index (χ1n) is 10.7. The number of nitrogens with zero attached hydrogens (tertiary/aromatic N) is 3. The Labute approximate surface area is 206 Å². The zero-order valence-electron chi connectivity index (χ0n) is 19.3. The SMILES string of the molecule is CCOC(=O)c1c(NC(=O)c2cnn3c(C(F)F)cc(-c4ccc(F)cc4)nc23)sc(C(C)=O)c1C. The van der Waals surface area contributed by atoms with Crippen LogP contribution in [0.4, 0.5) is 18.2 Å². The van der Waals surface area contributed by atoms with Crippen LogP contribution in [-0.4, -0.2) is 38.9 Å². The maximum atomic E-state index is 13.8. The Morgan fingerprint density at radius 3 is 2.50 bits per heavy atom. The summed E-state index contributed by atoms with van der Waals surface area (Å²) in [6, 6.07) is 6.19. The van der Waals surface area contributed by atoms with Gasteiger partial charge in [-0.05, 0) is 56.7 Å². The number of Topliss-reactive ketones (excluding diaryl/α,β-unsaturated/α-hetero) is 1. The largest absolute Gasteiger partial charge is 0.462 e. The van der Waals surface area contributed by atoms with Gasteiger partial charge in [0.2, 0.25) is 0 Å². The second-order valence-corrected chi connectivity index (χ2v) is 8.68. The van der Waals surface area contributed by atoms with Crippen LogP contribution in [0, 0.1) is 12.7 Å². The summed E-state index contributed by atoms with van der Waals surface area (Å²) in [5.74, 6) is -2.31. The highest BCUT2D eigenvalue weighted by molar-refractivity contribution is 7.18. The van der Waals surface area contributed by atoms with E-state index in [1.807, 2.05) is 0 Å². The van der Waals surface area contributed by atoms with Gasteiger partial charge in [-0.2, -0.15) is 5.10 Å². The van der Waals surface area contributed by atoms with E-state index in [9.17, 15) is 27.6 Å². The molecule has 12 heteroatoms. The van der Waals surface area contributed by atoms with Crippen molar-refractivity contribution in [3.63, 3.8) is 0 Å². The Balaban J connectivity index is 1.80. The van der Waals surface area contributed by atoms with Crippen LogP contribution in [0.1, 0.15) is 61.9 Å². The zero-order valence-corrected chi connectivity index (χ0v) is 20.1. The van der Waals surface area contributed by atoms with Gasteiger partial charge in [0.05, 0.1) is 28.9 Å². The fraction of sp³-hybridized carbons (Fsp3) is 0.208. The number of halogens is 3. The van der Waals surface area contributed by atoms with E-state index in [0.717, 1.165) is 40.2 Å². The molecular weight excluding hydrogens is 497 g/mol. The standard InChI is InChI=1S/C24H19F3N4O4S/c1-4-35-24(34)18-11(2)19(12(3)32)36-23(18)30-22(33)15-10-28-31-17(20(26)27)9-16(29-21(15)31)13-5-7-14(25)8-6-13/h5-10,20H,4H2,1-3H3,(H,30,33). The van der Waals surface area contributed by atoms with Crippen molar-refractivity contribution < 1.29 is 32.3 Å². The first-order chi connectivity index (χ1) is 17.1. The van der Waals surface area contributed by atoms with Gasteiger partial charge in [0, 0.05) is 5.56 Å². The van der Waals surface area contributed by atoms with Crippen LogP contribution >= 0.6 is 11.3 Å². The molecule has 0 bridgehead atoms. The molecule has 0 saturated carbocycles. The molecule has 0 fully saturated rings. The van der Waals surface area contributed by atoms with Crippen molar-refractivity contribution in [1.82, 2.24) is 14.6 Å². The summed E-state index contributed by atoms with van der Waals surface area (Å²) in [5.41, 5.74) is 0.0103. The molecule has 1 aromatic carbocycles. The average molecular weight is 517 g/mol. The number of hydrogen-bond donors (Lipinski definition) is 1. The van der Waals surface area contributed by atoms with E-state index in [-0.39, 0.29) is 44.7 Å². The second-order valence-electron chi connectivity index (χ2n) is 7.66. The molecule has 3 aromatic heterocycles. The Morgan fingerprint density at radius 1 is 1.19 bits per heavy atom. The molecule has 0 atom stereocenters. The molecule has 8 nitrogen and oxygen atoms in total. The number of amides is 1. The molecule has 4 aromatic rings. The van der Waals surface area contributed by atoms with E-state index in [0.29, 0.717) is 11.1 Å². The topological polar surface area (TPSA) is 103 Å². The van der Waals surface area contributed by atoms with Gasteiger partial charge in [0.15, 0.2) is 11.4 Å². The predicted molar refractivity (Wildman–Crippen MR) is 126 cm³/mol. The number of ether oxygens (including phenoxy) is 1. The van der Waals surface area contributed by atoms with E-state index in [2.05, 4.69) is 15.4 Å². The van der Waals surface area contributed by atoms with Crippen LogP contribution < -0.4 is 5.32 Å². The summed E-state index contributed by atoms with van der Waals surface area (Å²) < 4.78 is 46.9. The number of anilines is 1. The van der Waals surface area contributed by atoms with Gasteiger partial charge in [-0.15, -0.1) is 11.3 Å². The molecule has 3 heterocycles. The summed E-state index contributed by atoms with van der Waals surface area (Å²) in [6.07, 6.45) is -1.87. The lowest BCUT2D eigenvalue weighted by molar-refractivity contribution is 0.0527. The average Bonchev–Trinajstić information content (AvgIpc) is 3.40. The number of carbonyl (C=O) groups excluding carboxylic acids is 3. The van der Waals surface area contributed by atoms with Crippen LogP contribution in [-0.2, 0) is 4.74 Å². The number of aromatic nitrogens is 3. The lowest BCUT2D eigenvalue weighted by atomic mass is 10.1. The fourth-order valence-electron chi connectivity index (χ4n) is 3.63. The minimum atomic E-state index is -2.95. The van der Waals surface area contributed by atoms with Gasteiger partial charge in [-0.25, -0.2) is 27.5 Å². The molecular formula is C24H19F3N4O4S. The highest BCUT2D eigenvalue weighted by Gasteiger charge is 2.27. The molecule has 0 aliphatic heterocycles. The molecule has 0 spiro atoms. The van der Waals surface area contributed by atoms with Crippen LogP contribution in [0.25, 0.3) is 16.9 Å². The summed E-state index contributed by atoms with van der Waals surface area (Å²) in [6.45, 7) is 4.60. The van der Waals surface area contributed by atoms with E-state index in [4.69, 9.17) is 4.74 Å². The third-order valence-electron chi connectivity index (χ3n) is 5.28. The first-order valence-corrected chi connectivity index (χ1v) is 11.5. The summed E-state index contributed by atoms with van der Waals surface area (Å²) >= 11 is 0.903. The van der Waals surface area contributed by atoms with E-state index in [1.165, 1.54) is 19.1 Å². The van der Waals surface area contributed by atoms with E-state index in [1.54, 1.807) is 13.8 Å². The second kappa shape index (κ2) is 9.90. The Morgan fingerprint density at radius 2 is 1.89 bits per heavy atom. The van der Waals surface area contributed by atoms with Crippen molar-refractivity contribution in [1.29, 1.82) is 0 Å². The number of fused-ring (bicyclic) bond motifs is 1. The normalized spacial score (nSPS) is 11.2. The lowest BCUT2D eigenvalue weighted by Crippen LogP contribution is -2.15. The van der Waals surface area contributed by atoms with Gasteiger partial charge >= 0.3 is 5.97 Å². The zero-order chi connectivity index (χ0) is 26.1. The number of rotatable bonds is 7. The highest BCUT2D eigenvalue weighted by atomic mass is 32.1. The first kappa shape index (κ1) is 25.0. The van der Waals surface area contributed by atoms with Crippen LogP contribution in [0.2, 0.25) is 0 Å². The third-order valence-corrected chi connectivity index (χ3v) is 6.59. The molecule has 186 valence electrons. The number of hydrogen-bond acceptors (Lipinski definition) is 7. The number of benzene rings is 1. The minimum absolute atomic E-state index is 0.0325. The maximum absolute atomic E-state index is 13.8. The van der Waals surface area contributed by atoms with Gasteiger partial charge in [0.25, 0.3) is 12.3 Å². The smallest absolute Gasteiger partial charge is 0.341 e. The Bertz CT molecular complexity index is 1500. The number of esters is 1. The molecule has 0 aliphatic carbocycles. The predicted octanol–water partition coefficient (Wildman–Crippen LogP) is 5.47. The molecule has 1 amide bonds. The maximum Gasteiger partial charge on any atom is 0.341 e. The Kier molecular flexibility index (Phi) is 6.88. The van der Waals surface area contributed by atoms with Crippen LogP contribution in [0.5, 0.6) is 0 Å². The third kappa shape index (κ3) is 4.59. The van der Waals surface area contributed by atoms with E-state index >= 15 is 0 Å². The number of alkyl halides is 2. The molecule has 0 unspecified atom stereocenters. The number of carbonyl (C=O) groups is 3. The van der Waals surface area contributed by atoms with Gasteiger partial charge < -0.3 is 10.1 Å². The van der Waals surface area contributed by atoms with Crippen LogP contribution in [0.3, 0.4) is 0 Å². The lowest BCUT2D eigenvalue weighted by Gasteiger charge is -2.09. The van der Waals surface area contributed by atoms with Gasteiger partial charge in [0.1, 0.15) is 22.1 Å². The van der Waals surface area contributed by atoms with Crippen molar-refractivity contribution in [2.24, 2.45) is 0 Å². The van der Waals surface area contributed by atoms with Crippen molar-refractivity contribution in [3.05, 3.63) is 69.6 Å². The van der Waals surface area contributed by atoms with Crippen molar-refractivity contribution >= 4 is 39.6 Å². The molecule has 1 N–H and O–H groups in total. The summed E-state index contributed by atoms with van der Waals surface area (Å²) in [5, 5.41) is 6.55. The molecule has 36 heavy (non-hydrogen) atoms. The minimum Gasteiger partial charge on any atom is -0.462 e. The number of ketones is 1. The van der Waals surface area contributed by atoms with Crippen LogP contribution in [0.15, 0.2) is 36.5 Å². The monoisotopic (exact) mass is 516 g/mol. The van der Waals surface area contributed by atoms with Crippen molar-refractivity contribution in [2.75, 3.05) is 11.9 Å². The van der Waals surface area contributed by atoms with E-state index < -0.39 is 29.8 Å². The number of nitrogens with one attached hydrogen (secondary N) is 1. The quantitative estimate of drug-likeness (QED) is 0.258. The summed E-state index contributed by atoms with van der Waals surface area (Å²) in [7, 11) is 0.